The quantitative estimate of drug-likeness (QED) is 0.923. The summed E-state index contributed by atoms with van der Waals surface area (Å²) in [5.41, 5.74) is 5.91. The van der Waals surface area contributed by atoms with Crippen molar-refractivity contribution < 1.29 is 13.5 Å². The van der Waals surface area contributed by atoms with E-state index in [9.17, 15) is 8.78 Å². The van der Waals surface area contributed by atoms with Crippen LogP contribution in [0.3, 0.4) is 0 Å². The van der Waals surface area contributed by atoms with Gasteiger partial charge >= 0.3 is 6.11 Å². The molecule has 100 valence electrons. The first-order valence-electron chi connectivity index (χ1n) is 5.64. The van der Waals surface area contributed by atoms with Crippen molar-refractivity contribution in [1.29, 1.82) is 0 Å². The second kappa shape index (κ2) is 5.55. The highest BCUT2D eigenvalue weighted by Gasteiger charge is 2.36. The third-order valence-electron chi connectivity index (χ3n) is 2.59. The third kappa shape index (κ3) is 3.22. The Kier molecular flexibility index (Phi) is 4.02. The van der Waals surface area contributed by atoms with Crippen LogP contribution in [0.5, 0.6) is 5.75 Å². The second-order valence-electron chi connectivity index (χ2n) is 3.95. The zero-order chi connectivity index (χ0) is 13.9. The van der Waals surface area contributed by atoms with Crippen LogP contribution in [0.15, 0.2) is 48.5 Å². The molecular weight excluding hydrogens is 272 g/mol. The number of nitrogens with two attached hydrogens (primary N) is 1. The maximum absolute atomic E-state index is 14.0. The summed E-state index contributed by atoms with van der Waals surface area (Å²) in [7, 11) is 0. The van der Waals surface area contributed by atoms with Crippen molar-refractivity contribution in [3.05, 3.63) is 64.7 Å². The fourth-order valence-corrected chi connectivity index (χ4v) is 1.84. The van der Waals surface area contributed by atoms with Gasteiger partial charge in [0.1, 0.15) is 5.75 Å². The van der Waals surface area contributed by atoms with E-state index in [0.717, 1.165) is 5.56 Å². The maximum atomic E-state index is 14.0. The molecule has 5 heteroatoms. The molecule has 0 saturated carbocycles. The van der Waals surface area contributed by atoms with E-state index in [1.807, 2.05) is 0 Å². The van der Waals surface area contributed by atoms with Crippen molar-refractivity contribution in [2.45, 2.75) is 12.7 Å². The fourth-order valence-electron chi connectivity index (χ4n) is 1.59. The van der Waals surface area contributed by atoms with Crippen LogP contribution in [-0.4, -0.2) is 0 Å². The molecule has 2 aromatic rings. The van der Waals surface area contributed by atoms with Crippen molar-refractivity contribution in [3.63, 3.8) is 0 Å². The summed E-state index contributed by atoms with van der Waals surface area (Å²) in [4.78, 5) is 0. The average molecular weight is 284 g/mol. The predicted molar refractivity (Wildman–Crippen MR) is 70.3 cm³/mol. The lowest BCUT2D eigenvalue weighted by molar-refractivity contribution is -0.185. The number of benzene rings is 2. The van der Waals surface area contributed by atoms with Crippen LogP contribution in [0.4, 0.5) is 8.78 Å². The largest absolute Gasteiger partial charge is 0.429 e. The van der Waals surface area contributed by atoms with E-state index in [1.165, 1.54) is 30.3 Å². The molecule has 0 aliphatic carbocycles. The van der Waals surface area contributed by atoms with E-state index in [4.69, 9.17) is 22.1 Å². The first-order chi connectivity index (χ1) is 9.03. The van der Waals surface area contributed by atoms with Crippen molar-refractivity contribution in [2.75, 3.05) is 0 Å². The van der Waals surface area contributed by atoms with Gasteiger partial charge in [0.05, 0.1) is 10.6 Å². The van der Waals surface area contributed by atoms with Gasteiger partial charge in [-0.25, -0.2) is 0 Å². The Morgan fingerprint density at radius 3 is 2.26 bits per heavy atom. The highest BCUT2D eigenvalue weighted by molar-refractivity contribution is 6.31. The van der Waals surface area contributed by atoms with Crippen molar-refractivity contribution >= 4 is 11.6 Å². The molecule has 0 aliphatic rings. The average Bonchev–Trinajstić information content (AvgIpc) is 2.39. The maximum Gasteiger partial charge on any atom is 0.428 e. The highest BCUT2D eigenvalue weighted by Crippen LogP contribution is 2.35. The smallest absolute Gasteiger partial charge is 0.428 e. The van der Waals surface area contributed by atoms with Crippen LogP contribution in [-0.2, 0) is 12.7 Å². The molecule has 2 N–H and O–H groups in total. The molecular formula is C14H12ClF2NO. The van der Waals surface area contributed by atoms with Crippen LogP contribution in [0.1, 0.15) is 11.1 Å². The lowest BCUT2D eigenvalue weighted by Crippen LogP contribution is -2.22. The Balaban J connectivity index is 2.23. The van der Waals surface area contributed by atoms with Gasteiger partial charge in [-0.05, 0) is 29.8 Å². The number of hydrogen-bond donors (Lipinski definition) is 1. The van der Waals surface area contributed by atoms with Crippen molar-refractivity contribution in [3.8, 4) is 5.75 Å². The topological polar surface area (TPSA) is 35.2 Å². The van der Waals surface area contributed by atoms with Crippen molar-refractivity contribution in [2.24, 2.45) is 5.73 Å². The zero-order valence-electron chi connectivity index (χ0n) is 9.95. The monoisotopic (exact) mass is 283 g/mol. The number of alkyl halides is 2. The SMILES string of the molecule is NCc1ccc(OC(F)(F)c2ccccc2Cl)cc1. The number of ether oxygens (including phenoxy) is 1. The minimum absolute atomic E-state index is 0.0360. The van der Waals surface area contributed by atoms with Crippen LogP contribution in [0.25, 0.3) is 0 Å². The number of rotatable bonds is 4. The molecule has 0 radical (unpaired) electrons. The molecule has 2 nitrogen and oxygen atoms in total. The van der Waals surface area contributed by atoms with Gasteiger partial charge in [-0.15, -0.1) is 0 Å². The summed E-state index contributed by atoms with van der Waals surface area (Å²) in [6.45, 7) is 0.348. The standard InChI is InChI=1S/C14H12ClF2NO/c15-13-4-2-1-3-12(13)14(16,17)19-11-7-5-10(9-18)6-8-11/h1-8H,9,18H2. The zero-order valence-corrected chi connectivity index (χ0v) is 10.7. The number of hydrogen-bond acceptors (Lipinski definition) is 2. The van der Waals surface area contributed by atoms with E-state index in [0.29, 0.717) is 6.54 Å². The highest BCUT2D eigenvalue weighted by atomic mass is 35.5. The summed E-state index contributed by atoms with van der Waals surface area (Å²) in [6.07, 6.45) is -3.48. The summed E-state index contributed by atoms with van der Waals surface area (Å²) < 4.78 is 32.6. The van der Waals surface area contributed by atoms with Gasteiger partial charge in [0.25, 0.3) is 0 Å². The molecule has 0 aliphatic heterocycles. The summed E-state index contributed by atoms with van der Waals surface area (Å²) in [6, 6.07) is 11.9. The van der Waals surface area contributed by atoms with Gasteiger partial charge in [0, 0.05) is 6.54 Å². The Morgan fingerprint density at radius 1 is 1.05 bits per heavy atom. The normalized spacial score (nSPS) is 11.4. The summed E-state index contributed by atoms with van der Waals surface area (Å²) in [5, 5.41) is -0.0360. The minimum atomic E-state index is -3.48. The molecule has 19 heavy (non-hydrogen) atoms. The minimum Gasteiger partial charge on any atom is -0.429 e. The summed E-state index contributed by atoms with van der Waals surface area (Å²) in [5.74, 6) is 0.0575. The van der Waals surface area contributed by atoms with Gasteiger partial charge in [0.2, 0.25) is 0 Å². The lowest BCUT2D eigenvalue weighted by atomic mass is 10.2. The van der Waals surface area contributed by atoms with E-state index in [-0.39, 0.29) is 16.3 Å². The van der Waals surface area contributed by atoms with Gasteiger partial charge in [-0.1, -0.05) is 35.9 Å². The molecule has 0 amide bonds. The first-order valence-corrected chi connectivity index (χ1v) is 6.01. The van der Waals surface area contributed by atoms with E-state index in [2.05, 4.69) is 0 Å². The molecule has 0 bridgehead atoms. The van der Waals surface area contributed by atoms with E-state index < -0.39 is 6.11 Å². The molecule has 0 fully saturated rings. The van der Waals surface area contributed by atoms with E-state index in [1.54, 1.807) is 18.2 Å². The Labute approximate surface area is 114 Å². The predicted octanol–water partition coefficient (Wildman–Crippen LogP) is 3.93. The lowest BCUT2D eigenvalue weighted by Gasteiger charge is -2.19. The van der Waals surface area contributed by atoms with Crippen LogP contribution < -0.4 is 10.5 Å². The molecule has 2 rings (SSSR count). The Bertz CT molecular complexity index is 558. The second-order valence-corrected chi connectivity index (χ2v) is 4.35. The third-order valence-corrected chi connectivity index (χ3v) is 2.92. The number of halogens is 3. The van der Waals surface area contributed by atoms with Gasteiger partial charge in [-0.2, -0.15) is 8.78 Å². The van der Waals surface area contributed by atoms with E-state index >= 15 is 0 Å². The molecule has 0 aromatic heterocycles. The van der Waals surface area contributed by atoms with Crippen LogP contribution in [0, 0.1) is 0 Å². The first kappa shape index (κ1) is 13.8. The molecule has 0 unspecified atom stereocenters. The Morgan fingerprint density at radius 2 is 1.68 bits per heavy atom. The van der Waals surface area contributed by atoms with Crippen molar-refractivity contribution in [1.82, 2.24) is 0 Å². The summed E-state index contributed by atoms with van der Waals surface area (Å²) >= 11 is 5.75. The molecule has 0 spiro atoms. The van der Waals surface area contributed by atoms with Gasteiger partial charge in [0.15, 0.2) is 0 Å². The van der Waals surface area contributed by atoms with Crippen LogP contribution >= 0.6 is 11.6 Å². The fraction of sp³-hybridized carbons (Fsp3) is 0.143. The Hall–Kier alpha value is -1.65. The van der Waals surface area contributed by atoms with Crippen LogP contribution in [0.2, 0.25) is 5.02 Å². The molecule has 2 aromatic carbocycles. The van der Waals surface area contributed by atoms with Gasteiger partial charge in [-0.3, -0.25) is 0 Å². The molecule has 0 atom stereocenters. The molecule has 0 saturated heterocycles. The molecule has 0 heterocycles. The van der Waals surface area contributed by atoms with Gasteiger partial charge < -0.3 is 10.5 Å².